The molecule has 148 valence electrons. The summed E-state index contributed by atoms with van der Waals surface area (Å²) in [6.07, 6.45) is 0.709. The van der Waals surface area contributed by atoms with Gasteiger partial charge in [-0.3, -0.25) is 14.6 Å². The summed E-state index contributed by atoms with van der Waals surface area (Å²) in [5, 5.41) is 0. The van der Waals surface area contributed by atoms with Gasteiger partial charge in [0.15, 0.2) is 0 Å². The summed E-state index contributed by atoms with van der Waals surface area (Å²) in [5.74, 6) is 3.59. The average molecular weight is 418 g/mol. The molecule has 0 bridgehead atoms. The van der Waals surface area contributed by atoms with Crippen LogP contribution in [0.2, 0.25) is 0 Å². The average Bonchev–Trinajstić information content (AvgIpc) is 3.28. The molecule has 28 heavy (non-hydrogen) atoms. The molecular formula is C20H23N3O3S2. The number of sulfonamides is 1. The van der Waals surface area contributed by atoms with E-state index in [1.807, 2.05) is 30.0 Å². The summed E-state index contributed by atoms with van der Waals surface area (Å²) in [6, 6.07) is 15.1. The highest BCUT2D eigenvalue weighted by Crippen LogP contribution is 2.22. The van der Waals surface area contributed by atoms with Gasteiger partial charge < -0.3 is 4.74 Å². The lowest BCUT2D eigenvalue weighted by molar-refractivity contribution is 0.311. The van der Waals surface area contributed by atoms with E-state index in [0.717, 1.165) is 24.7 Å². The smallest absolute Gasteiger partial charge is 0.263 e. The molecule has 2 aliphatic rings. The van der Waals surface area contributed by atoms with Crippen molar-refractivity contribution in [1.29, 1.82) is 0 Å². The predicted molar refractivity (Wildman–Crippen MR) is 112 cm³/mol. The number of nitrogens with zero attached hydrogens (tertiary/aromatic N) is 2. The van der Waals surface area contributed by atoms with Gasteiger partial charge in [0.2, 0.25) is 0 Å². The highest BCUT2D eigenvalue weighted by Gasteiger charge is 2.29. The van der Waals surface area contributed by atoms with Gasteiger partial charge in [-0.25, -0.2) is 8.42 Å². The monoisotopic (exact) mass is 417 g/mol. The van der Waals surface area contributed by atoms with Gasteiger partial charge in [-0.05, 0) is 29.8 Å². The molecule has 0 aromatic heterocycles. The van der Waals surface area contributed by atoms with Crippen LogP contribution >= 0.6 is 11.8 Å². The fourth-order valence-electron chi connectivity index (χ4n) is 3.27. The Balaban J connectivity index is 1.28. The molecule has 6 nitrogen and oxygen atoms in total. The summed E-state index contributed by atoms with van der Waals surface area (Å²) in [4.78, 5) is 7.14. The first kappa shape index (κ1) is 19.3. The van der Waals surface area contributed by atoms with Crippen molar-refractivity contribution in [2.45, 2.75) is 17.9 Å². The Morgan fingerprint density at radius 3 is 2.93 bits per heavy atom. The maximum Gasteiger partial charge on any atom is 0.263 e. The van der Waals surface area contributed by atoms with Gasteiger partial charge in [0.1, 0.15) is 11.6 Å². The zero-order valence-electron chi connectivity index (χ0n) is 15.5. The largest absolute Gasteiger partial charge is 0.494 e. The fraction of sp³-hybridized carbons (Fsp3) is 0.350. The number of ether oxygens (including phenoxy) is 1. The van der Waals surface area contributed by atoms with E-state index in [4.69, 9.17) is 4.74 Å². The minimum absolute atomic E-state index is 0.290. The molecule has 4 rings (SSSR count). The Hall–Kier alpha value is -2.03. The standard InChI is InChI=1S/C20H23N3O3S2/c24-28(25)19-8-2-1-7-18(19)20(22-28)21-9-4-11-26-17-6-3-5-16(13-17)14-23-10-12-27-15-23/h1-3,5-8,13H,4,9-12,14-15H2,(H,21,22). The number of hydrogen-bond acceptors (Lipinski definition) is 6. The molecule has 2 aromatic rings. The molecule has 0 atom stereocenters. The Morgan fingerprint density at radius 2 is 2.07 bits per heavy atom. The van der Waals surface area contributed by atoms with E-state index in [1.54, 1.807) is 18.2 Å². The molecule has 2 aliphatic heterocycles. The zero-order valence-corrected chi connectivity index (χ0v) is 17.1. The first-order chi connectivity index (χ1) is 13.6. The molecule has 0 amide bonds. The van der Waals surface area contributed by atoms with Crippen molar-refractivity contribution >= 4 is 27.6 Å². The molecule has 8 heteroatoms. The van der Waals surface area contributed by atoms with Gasteiger partial charge in [-0.2, -0.15) is 0 Å². The molecule has 0 aliphatic carbocycles. The van der Waals surface area contributed by atoms with Crippen LogP contribution in [0.25, 0.3) is 0 Å². The topological polar surface area (TPSA) is 71.0 Å². The molecule has 2 heterocycles. The van der Waals surface area contributed by atoms with E-state index in [0.29, 0.717) is 35.9 Å². The van der Waals surface area contributed by atoms with Crippen LogP contribution in [0.1, 0.15) is 17.5 Å². The quantitative estimate of drug-likeness (QED) is 0.702. The first-order valence-electron chi connectivity index (χ1n) is 9.30. The van der Waals surface area contributed by atoms with Crippen LogP contribution in [-0.4, -0.2) is 50.5 Å². The highest BCUT2D eigenvalue weighted by molar-refractivity contribution is 7.99. The van der Waals surface area contributed by atoms with E-state index in [2.05, 4.69) is 26.7 Å². The van der Waals surface area contributed by atoms with E-state index < -0.39 is 10.0 Å². The number of amidine groups is 1. The van der Waals surface area contributed by atoms with Crippen molar-refractivity contribution in [1.82, 2.24) is 9.62 Å². The summed E-state index contributed by atoms with van der Waals surface area (Å²) < 4.78 is 32.5. The summed E-state index contributed by atoms with van der Waals surface area (Å²) >= 11 is 1.97. The van der Waals surface area contributed by atoms with Gasteiger partial charge in [0.25, 0.3) is 10.0 Å². The van der Waals surface area contributed by atoms with Crippen LogP contribution in [-0.2, 0) is 16.6 Å². The van der Waals surface area contributed by atoms with Gasteiger partial charge in [-0.15, -0.1) is 11.8 Å². The Morgan fingerprint density at radius 1 is 1.18 bits per heavy atom. The van der Waals surface area contributed by atoms with Crippen LogP contribution in [0.4, 0.5) is 0 Å². The van der Waals surface area contributed by atoms with E-state index in [-0.39, 0.29) is 0 Å². The van der Waals surface area contributed by atoms with Crippen LogP contribution < -0.4 is 9.46 Å². The maximum atomic E-state index is 12.1. The number of hydrogen-bond donors (Lipinski definition) is 1. The van der Waals surface area contributed by atoms with Crippen LogP contribution in [0.3, 0.4) is 0 Å². The third-order valence-electron chi connectivity index (χ3n) is 4.63. The van der Waals surface area contributed by atoms with Gasteiger partial charge in [-0.1, -0.05) is 24.3 Å². The molecule has 2 aromatic carbocycles. The lowest BCUT2D eigenvalue weighted by Crippen LogP contribution is -2.22. The summed E-state index contributed by atoms with van der Waals surface area (Å²) in [6.45, 7) is 3.13. The minimum atomic E-state index is -3.47. The Labute approximate surface area is 170 Å². The number of aliphatic imine (C=N–C) groups is 1. The van der Waals surface area contributed by atoms with E-state index in [1.165, 1.54) is 11.3 Å². The third-order valence-corrected chi connectivity index (χ3v) is 7.05. The normalized spacial score (nSPS) is 19.5. The van der Waals surface area contributed by atoms with Crippen molar-refractivity contribution < 1.29 is 13.2 Å². The van der Waals surface area contributed by atoms with Gasteiger partial charge in [0, 0.05) is 43.2 Å². The zero-order chi connectivity index (χ0) is 19.4. The fourth-order valence-corrected chi connectivity index (χ4v) is 5.51. The van der Waals surface area contributed by atoms with E-state index in [9.17, 15) is 8.42 Å². The molecule has 1 N–H and O–H groups in total. The number of fused-ring (bicyclic) bond motifs is 1. The molecule has 0 saturated carbocycles. The lowest BCUT2D eigenvalue weighted by Gasteiger charge is -2.14. The Bertz CT molecular complexity index is 970. The molecular weight excluding hydrogens is 394 g/mol. The molecule has 1 saturated heterocycles. The SMILES string of the molecule is O=S1(=O)NC(=NCCCOc2cccc(CN3CCSC3)c2)c2ccccc21. The maximum absolute atomic E-state index is 12.1. The van der Waals surface area contributed by atoms with Crippen LogP contribution in [0, 0.1) is 0 Å². The minimum Gasteiger partial charge on any atom is -0.494 e. The molecule has 0 unspecified atom stereocenters. The van der Waals surface area contributed by atoms with Crippen molar-refractivity contribution in [3.05, 3.63) is 59.7 Å². The number of rotatable bonds is 7. The van der Waals surface area contributed by atoms with Crippen molar-refractivity contribution in [3.63, 3.8) is 0 Å². The van der Waals surface area contributed by atoms with Crippen LogP contribution in [0.15, 0.2) is 58.4 Å². The third kappa shape index (κ3) is 4.51. The van der Waals surface area contributed by atoms with Gasteiger partial charge in [0.05, 0.1) is 11.5 Å². The molecule has 0 radical (unpaired) electrons. The highest BCUT2D eigenvalue weighted by atomic mass is 32.2. The predicted octanol–water partition coefficient (Wildman–Crippen LogP) is 2.70. The second-order valence-electron chi connectivity index (χ2n) is 6.77. The second-order valence-corrected chi connectivity index (χ2v) is 9.50. The Kier molecular flexibility index (Phi) is 5.89. The van der Waals surface area contributed by atoms with Crippen LogP contribution in [0.5, 0.6) is 5.75 Å². The molecule has 1 fully saturated rings. The van der Waals surface area contributed by atoms with E-state index >= 15 is 0 Å². The number of thioether (sulfide) groups is 1. The number of nitrogens with one attached hydrogen (secondary N) is 1. The summed E-state index contributed by atoms with van der Waals surface area (Å²) in [5.41, 5.74) is 1.90. The van der Waals surface area contributed by atoms with Crippen molar-refractivity contribution in [2.75, 3.05) is 31.3 Å². The molecule has 0 spiro atoms. The number of benzene rings is 2. The summed E-state index contributed by atoms with van der Waals surface area (Å²) in [7, 11) is -3.47. The second kappa shape index (κ2) is 8.55. The van der Waals surface area contributed by atoms with Crippen molar-refractivity contribution in [2.24, 2.45) is 4.99 Å². The first-order valence-corrected chi connectivity index (χ1v) is 11.9. The van der Waals surface area contributed by atoms with Crippen molar-refractivity contribution in [3.8, 4) is 5.75 Å². The lowest BCUT2D eigenvalue weighted by atomic mass is 10.2. The van der Waals surface area contributed by atoms with Gasteiger partial charge >= 0.3 is 0 Å².